The third-order valence-corrected chi connectivity index (χ3v) is 3.08. The van der Waals surface area contributed by atoms with Gasteiger partial charge in [-0.15, -0.1) is 11.3 Å². The SMILES string of the molecule is Cc1cc(NC(=O)Nc2ncc(C)s2)c(C(=O)O)[nH]1. The molecule has 0 radical (unpaired) electrons. The van der Waals surface area contributed by atoms with E-state index in [-0.39, 0.29) is 11.4 Å². The maximum absolute atomic E-state index is 11.7. The number of carboxylic acids is 1. The molecule has 0 spiro atoms. The van der Waals surface area contributed by atoms with Gasteiger partial charge in [0.2, 0.25) is 0 Å². The average Bonchev–Trinajstić information content (AvgIpc) is 2.85. The van der Waals surface area contributed by atoms with Gasteiger partial charge in [0, 0.05) is 16.8 Å². The highest BCUT2D eigenvalue weighted by Gasteiger charge is 2.15. The lowest BCUT2D eigenvalue weighted by Crippen LogP contribution is -2.20. The van der Waals surface area contributed by atoms with Crippen molar-refractivity contribution in [3.05, 3.63) is 28.5 Å². The number of aromatic nitrogens is 2. The van der Waals surface area contributed by atoms with Crippen molar-refractivity contribution >= 4 is 34.2 Å². The van der Waals surface area contributed by atoms with E-state index in [1.54, 1.807) is 19.2 Å². The predicted octanol–water partition coefficient (Wildman–Crippen LogP) is 2.43. The monoisotopic (exact) mass is 280 g/mol. The number of nitrogens with one attached hydrogen (secondary N) is 3. The van der Waals surface area contributed by atoms with Crippen LogP contribution in [0.1, 0.15) is 21.1 Å². The first-order valence-corrected chi connectivity index (χ1v) is 6.20. The summed E-state index contributed by atoms with van der Waals surface area (Å²) in [5, 5.41) is 14.4. The third-order valence-electron chi connectivity index (χ3n) is 2.26. The lowest BCUT2D eigenvalue weighted by molar-refractivity contribution is 0.0692. The molecule has 0 saturated heterocycles. The number of hydrogen-bond donors (Lipinski definition) is 4. The summed E-state index contributed by atoms with van der Waals surface area (Å²) in [6, 6.07) is 1.02. The highest BCUT2D eigenvalue weighted by atomic mass is 32.1. The molecule has 0 atom stereocenters. The number of urea groups is 1. The topological polar surface area (TPSA) is 107 Å². The van der Waals surface area contributed by atoms with Crippen molar-refractivity contribution in [2.45, 2.75) is 13.8 Å². The second kappa shape index (κ2) is 5.11. The number of aromatic carboxylic acids is 1. The van der Waals surface area contributed by atoms with Gasteiger partial charge >= 0.3 is 12.0 Å². The number of thiazole rings is 1. The van der Waals surface area contributed by atoms with Gasteiger partial charge in [0.1, 0.15) is 5.69 Å². The summed E-state index contributed by atoms with van der Waals surface area (Å²) < 4.78 is 0. The van der Waals surface area contributed by atoms with Gasteiger partial charge in [0.15, 0.2) is 5.13 Å². The molecule has 0 bridgehead atoms. The highest BCUT2D eigenvalue weighted by Crippen LogP contribution is 2.19. The molecule has 0 aromatic carbocycles. The number of aromatic amines is 1. The Morgan fingerprint density at radius 3 is 2.68 bits per heavy atom. The van der Waals surface area contributed by atoms with Gasteiger partial charge < -0.3 is 15.4 Å². The van der Waals surface area contributed by atoms with E-state index in [1.807, 2.05) is 6.92 Å². The van der Waals surface area contributed by atoms with Crippen molar-refractivity contribution in [2.24, 2.45) is 0 Å². The zero-order valence-electron chi connectivity index (χ0n) is 10.3. The summed E-state index contributed by atoms with van der Waals surface area (Å²) in [7, 11) is 0. The van der Waals surface area contributed by atoms with Crippen LogP contribution in [0.3, 0.4) is 0 Å². The van der Waals surface area contributed by atoms with E-state index in [1.165, 1.54) is 11.3 Å². The third kappa shape index (κ3) is 3.10. The molecule has 0 unspecified atom stereocenters. The molecule has 0 fully saturated rings. The molecule has 7 nitrogen and oxygen atoms in total. The molecular formula is C11H12N4O3S. The molecule has 2 heterocycles. The molecule has 8 heteroatoms. The lowest BCUT2D eigenvalue weighted by Gasteiger charge is -2.04. The molecular weight excluding hydrogens is 268 g/mol. The number of aryl methyl sites for hydroxylation is 2. The molecule has 2 aromatic heterocycles. The maximum atomic E-state index is 11.7. The van der Waals surface area contributed by atoms with Gasteiger partial charge in [-0.1, -0.05) is 0 Å². The molecule has 19 heavy (non-hydrogen) atoms. The van der Waals surface area contributed by atoms with Gasteiger partial charge in [-0.2, -0.15) is 0 Å². The minimum atomic E-state index is -1.13. The molecule has 0 aliphatic carbocycles. The van der Waals surface area contributed by atoms with Crippen LogP contribution >= 0.6 is 11.3 Å². The Morgan fingerprint density at radius 2 is 2.11 bits per heavy atom. The van der Waals surface area contributed by atoms with E-state index in [9.17, 15) is 9.59 Å². The van der Waals surface area contributed by atoms with Crippen LogP contribution in [0.15, 0.2) is 12.3 Å². The Kier molecular flexibility index (Phi) is 3.52. The summed E-state index contributed by atoms with van der Waals surface area (Å²) in [4.78, 5) is 30.3. The Morgan fingerprint density at radius 1 is 1.37 bits per heavy atom. The number of hydrogen-bond acceptors (Lipinski definition) is 4. The first-order valence-electron chi connectivity index (χ1n) is 5.39. The Hall–Kier alpha value is -2.35. The van der Waals surface area contributed by atoms with Crippen molar-refractivity contribution in [3.8, 4) is 0 Å². The van der Waals surface area contributed by atoms with Gasteiger partial charge in [-0.25, -0.2) is 14.6 Å². The maximum Gasteiger partial charge on any atom is 0.354 e. The minimum absolute atomic E-state index is 0.0528. The van der Waals surface area contributed by atoms with E-state index >= 15 is 0 Å². The van der Waals surface area contributed by atoms with E-state index in [0.29, 0.717) is 10.8 Å². The van der Waals surface area contributed by atoms with Crippen LogP contribution in [0.25, 0.3) is 0 Å². The molecule has 0 saturated carbocycles. The number of amides is 2. The largest absolute Gasteiger partial charge is 0.477 e. The number of carbonyl (C=O) groups excluding carboxylic acids is 1. The standard InChI is InChI=1S/C11H12N4O3S/c1-5-3-7(8(13-5)9(16)17)14-10(18)15-11-12-4-6(2)19-11/h3-4,13H,1-2H3,(H,16,17)(H2,12,14,15,18). The number of H-pyrrole nitrogens is 1. The van der Waals surface area contributed by atoms with Crippen molar-refractivity contribution < 1.29 is 14.7 Å². The summed E-state index contributed by atoms with van der Waals surface area (Å²) in [5.41, 5.74) is 0.816. The average molecular weight is 280 g/mol. The number of carboxylic acid groups (broad SMARTS) is 1. The molecule has 100 valence electrons. The fourth-order valence-electron chi connectivity index (χ4n) is 1.52. The van der Waals surface area contributed by atoms with E-state index in [4.69, 9.17) is 5.11 Å². The van der Waals surface area contributed by atoms with E-state index < -0.39 is 12.0 Å². The normalized spacial score (nSPS) is 10.2. The van der Waals surface area contributed by atoms with Crippen LogP contribution in [-0.4, -0.2) is 27.1 Å². The fourth-order valence-corrected chi connectivity index (χ4v) is 2.18. The quantitative estimate of drug-likeness (QED) is 0.692. The van der Waals surface area contributed by atoms with Crippen molar-refractivity contribution in [1.82, 2.24) is 9.97 Å². The molecule has 2 amide bonds. The van der Waals surface area contributed by atoms with Crippen LogP contribution in [0.4, 0.5) is 15.6 Å². The predicted molar refractivity (Wildman–Crippen MR) is 72.0 cm³/mol. The summed E-state index contributed by atoms with van der Waals surface area (Å²) in [6.45, 7) is 3.58. The van der Waals surface area contributed by atoms with Crippen LogP contribution in [-0.2, 0) is 0 Å². The zero-order valence-corrected chi connectivity index (χ0v) is 11.1. The van der Waals surface area contributed by atoms with Crippen molar-refractivity contribution in [1.29, 1.82) is 0 Å². The Bertz CT molecular complexity index is 632. The van der Waals surface area contributed by atoms with Crippen LogP contribution in [0.2, 0.25) is 0 Å². The zero-order chi connectivity index (χ0) is 14.0. The van der Waals surface area contributed by atoms with Crippen LogP contribution in [0, 0.1) is 13.8 Å². The number of anilines is 2. The van der Waals surface area contributed by atoms with Gasteiger partial charge in [-0.05, 0) is 19.9 Å². The first-order chi connectivity index (χ1) is 8.95. The lowest BCUT2D eigenvalue weighted by atomic mass is 10.3. The summed E-state index contributed by atoms with van der Waals surface area (Å²) in [6.07, 6.45) is 1.64. The minimum Gasteiger partial charge on any atom is -0.477 e. The number of rotatable bonds is 3. The molecule has 2 aromatic rings. The second-order valence-corrected chi connectivity index (χ2v) is 5.14. The number of nitrogens with zero attached hydrogens (tertiary/aromatic N) is 1. The highest BCUT2D eigenvalue weighted by molar-refractivity contribution is 7.15. The van der Waals surface area contributed by atoms with Crippen molar-refractivity contribution in [3.63, 3.8) is 0 Å². The summed E-state index contributed by atoms with van der Waals surface area (Å²) >= 11 is 1.34. The molecule has 0 aliphatic rings. The molecule has 0 aliphatic heterocycles. The Labute approximate surface area is 112 Å². The van der Waals surface area contributed by atoms with Gasteiger partial charge in [-0.3, -0.25) is 5.32 Å². The Balaban J connectivity index is 2.08. The first kappa shape index (κ1) is 13.1. The van der Waals surface area contributed by atoms with Crippen LogP contribution in [0.5, 0.6) is 0 Å². The fraction of sp³-hybridized carbons (Fsp3) is 0.182. The smallest absolute Gasteiger partial charge is 0.354 e. The van der Waals surface area contributed by atoms with E-state index in [2.05, 4.69) is 20.6 Å². The summed E-state index contributed by atoms with van der Waals surface area (Å²) in [5.74, 6) is -1.13. The van der Waals surface area contributed by atoms with Crippen LogP contribution < -0.4 is 10.6 Å². The van der Waals surface area contributed by atoms with Gasteiger partial charge in [0.05, 0.1) is 5.69 Å². The van der Waals surface area contributed by atoms with E-state index in [0.717, 1.165) is 4.88 Å². The number of carbonyl (C=O) groups is 2. The van der Waals surface area contributed by atoms with Crippen molar-refractivity contribution in [2.75, 3.05) is 10.6 Å². The second-order valence-electron chi connectivity index (χ2n) is 3.90. The molecule has 4 N–H and O–H groups in total. The van der Waals surface area contributed by atoms with Gasteiger partial charge in [0.25, 0.3) is 0 Å². The molecule has 2 rings (SSSR count).